The van der Waals surface area contributed by atoms with Gasteiger partial charge < -0.3 is 10.8 Å². The fourth-order valence-corrected chi connectivity index (χ4v) is 2.12. The van der Waals surface area contributed by atoms with E-state index in [1.54, 1.807) is 0 Å². The van der Waals surface area contributed by atoms with Gasteiger partial charge >= 0.3 is 0 Å². The van der Waals surface area contributed by atoms with Gasteiger partial charge in [0.15, 0.2) is 0 Å². The number of nitrogens with two attached hydrogens (primary N) is 1. The van der Waals surface area contributed by atoms with Crippen LogP contribution in [0.1, 0.15) is 23.5 Å². The Hall–Kier alpha value is -0.860. The highest BCUT2D eigenvalue weighted by Gasteiger charge is 2.26. The van der Waals surface area contributed by atoms with Crippen molar-refractivity contribution in [2.45, 2.75) is 24.9 Å². The molecule has 0 radical (unpaired) electrons. The molecule has 0 aliphatic heterocycles. The largest absolute Gasteiger partial charge is 0.392 e. The van der Waals surface area contributed by atoms with Gasteiger partial charge in [0.05, 0.1) is 6.10 Å². The second-order valence-electron chi connectivity index (χ2n) is 3.65. The molecule has 3 N–H and O–H groups in total. The van der Waals surface area contributed by atoms with Gasteiger partial charge in [0.25, 0.3) is 0 Å². The van der Waals surface area contributed by atoms with Gasteiger partial charge in [-0.05, 0) is 24.0 Å². The van der Waals surface area contributed by atoms with Gasteiger partial charge in [0.1, 0.15) is 0 Å². The normalized spacial score (nSPS) is 26.9. The second-order valence-corrected chi connectivity index (χ2v) is 3.65. The molecule has 0 saturated heterocycles. The standard InChI is InChI=1S/C11H15NO/c12-7-10-9-4-2-1-3-8(9)5-6-11(10)13/h1-4,10-11,13H,5-7,12H2. The van der Waals surface area contributed by atoms with Crippen molar-refractivity contribution in [2.24, 2.45) is 5.73 Å². The summed E-state index contributed by atoms with van der Waals surface area (Å²) in [4.78, 5) is 0. The molecule has 1 aromatic rings. The average Bonchev–Trinajstić information content (AvgIpc) is 2.18. The molecule has 0 amide bonds. The first-order valence-corrected chi connectivity index (χ1v) is 4.79. The monoisotopic (exact) mass is 177 g/mol. The van der Waals surface area contributed by atoms with Crippen LogP contribution in [-0.4, -0.2) is 17.8 Å². The molecule has 1 aliphatic carbocycles. The van der Waals surface area contributed by atoms with Crippen LogP contribution < -0.4 is 5.73 Å². The lowest BCUT2D eigenvalue weighted by Gasteiger charge is -2.29. The lowest BCUT2D eigenvalue weighted by molar-refractivity contribution is 0.128. The van der Waals surface area contributed by atoms with E-state index in [9.17, 15) is 5.11 Å². The van der Waals surface area contributed by atoms with Gasteiger partial charge in [0, 0.05) is 12.5 Å². The van der Waals surface area contributed by atoms with Crippen molar-refractivity contribution in [1.29, 1.82) is 0 Å². The SMILES string of the molecule is NCC1c2ccccc2CCC1O. The molecule has 0 spiro atoms. The molecule has 70 valence electrons. The van der Waals surface area contributed by atoms with Gasteiger partial charge in [-0.1, -0.05) is 24.3 Å². The Morgan fingerprint density at radius 3 is 2.92 bits per heavy atom. The van der Waals surface area contributed by atoms with E-state index in [1.807, 2.05) is 12.1 Å². The number of hydrogen-bond acceptors (Lipinski definition) is 2. The van der Waals surface area contributed by atoms with Crippen molar-refractivity contribution >= 4 is 0 Å². The molecular formula is C11H15NO. The fraction of sp³-hybridized carbons (Fsp3) is 0.455. The third kappa shape index (κ3) is 1.47. The summed E-state index contributed by atoms with van der Waals surface area (Å²) >= 11 is 0. The van der Waals surface area contributed by atoms with E-state index in [-0.39, 0.29) is 12.0 Å². The van der Waals surface area contributed by atoms with Crippen molar-refractivity contribution in [2.75, 3.05) is 6.54 Å². The van der Waals surface area contributed by atoms with Gasteiger partial charge in [-0.2, -0.15) is 0 Å². The molecule has 2 rings (SSSR count). The molecule has 2 unspecified atom stereocenters. The lowest BCUT2D eigenvalue weighted by Crippen LogP contribution is -2.30. The summed E-state index contributed by atoms with van der Waals surface area (Å²) in [5.41, 5.74) is 8.24. The molecule has 2 nitrogen and oxygen atoms in total. The summed E-state index contributed by atoms with van der Waals surface area (Å²) in [7, 11) is 0. The Kier molecular flexibility index (Phi) is 2.34. The summed E-state index contributed by atoms with van der Waals surface area (Å²) in [6.07, 6.45) is 1.58. The molecule has 0 fully saturated rings. The molecule has 0 bridgehead atoms. The number of benzene rings is 1. The maximum absolute atomic E-state index is 9.74. The minimum absolute atomic E-state index is 0.143. The van der Waals surface area contributed by atoms with Crippen molar-refractivity contribution in [3.05, 3.63) is 35.4 Å². The molecule has 2 heteroatoms. The predicted octanol–water partition coefficient (Wildman–Crippen LogP) is 1.04. The van der Waals surface area contributed by atoms with Gasteiger partial charge in [0.2, 0.25) is 0 Å². The molecule has 0 heterocycles. The van der Waals surface area contributed by atoms with Crippen molar-refractivity contribution in [3.63, 3.8) is 0 Å². The minimum Gasteiger partial charge on any atom is -0.392 e. The minimum atomic E-state index is -0.250. The van der Waals surface area contributed by atoms with Gasteiger partial charge in [-0.3, -0.25) is 0 Å². The summed E-state index contributed by atoms with van der Waals surface area (Å²) in [6, 6.07) is 8.27. The maximum Gasteiger partial charge on any atom is 0.0624 e. The average molecular weight is 177 g/mol. The second kappa shape index (κ2) is 3.48. The Labute approximate surface area is 78.4 Å². The van der Waals surface area contributed by atoms with Crippen LogP contribution in [0, 0.1) is 0 Å². The molecule has 0 aromatic heterocycles. The fourth-order valence-electron chi connectivity index (χ4n) is 2.12. The van der Waals surface area contributed by atoms with E-state index in [2.05, 4.69) is 12.1 Å². The third-order valence-electron chi connectivity index (χ3n) is 2.88. The zero-order valence-electron chi connectivity index (χ0n) is 7.61. The molecule has 1 aromatic carbocycles. The van der Waals surface area contributed by atoms with E-state index < -0.39 is 0 Å². The van der Waals surface area contributed by atoms with Crippen LogP contribution in [0.5, 0.6) is 0 Å². The highest BCUT2D eigenvalue weighted by Crippen LogP contribution is 2.30. The number of aryl methyl sites for hydroxylation is 1. The van der Waals surface area contributed by atoms with Crippen molar-refractivity contribution < 1.29 is 5.11 Å². The van der Waals surface area contributed by atoms with Crippen LogP contribution in [0.3, 0.4) is 0 Å². The quantitative estimate of drug-likeness (QED) is 0.673. The smallest absolute Gasteiger partial charge is 0.0624 e. The molecular weight excluding hydrogens is 162 g/mol. The number of aliphatic hydroxyl groups excluding tert-OH is 1. The first kappa shape index (κ1) is 8.73. The Morgan fingerprint density at radius 2 is 2.15 bits per heavy atom. The van der Waals surface area contributed by atoms with Crippen molar-refractivity contribution in [3.8, 4) is 0 Å². The maximum atomic E-state index is 9.74. The van der Waals surface area contributed by atoms with Crippen molar-refractivity contribution in [1.82, 2.24) is 0 Å². The summed E-state index contributed by atoms with van der Waals surface area (Å²) in [5, 5.41) is 9.74. The van der Waals surface area contributed by atoms with Gasteiger partial charge in [-0.15, -0.1) is 0 Å². The number of hydrogen-bond donors (Lipinski definition) is 2. The summed E-state index contributed by atoms with van der Waals surface area (Å²) < 4.78 is 0. The van der Waals surface area contributed by atoms with Crippen LogP contribution >= 0.6 is 0 Å². The first-order chi connectivity index (χ1) is 6.33. The van der Waals surface area contributed by atoms with E-state index in [1.165, 1.54) is 11.1 Å². The zero-order valence-corrected chi connectivity index (χ0v) is 7.61. The number of rotatable bonds is 1. The molecule has 2 atom stereocenters. The third-order valence-corrected chi connectivity index (χ3v) is 2.88. The lowest BCUT2D eigenvalue weighted by atomic mass is 9.81. The topological polar surface area (TPSA) is 46.2 Å². The van der Waals surface area contributed by atoms with Crippen LogP contribution in [0.25, 0.3) is 0 Å². The van der Waals surface area contributed by atoms with Crippen LogP contribution in [0.4, 0.5) is 0 Å². The Morgan fingerprint density at radius 1 is 1.38 bits per heavy atom. The number of fused-ring (bicyclic) bond motifs is 1. The van der Waals surface area contributed by atoms with Crippen LogP contribution in [0.2, 0.25) is 0 Å². The van der Waals surface area contributed by atoms with E-state index in [4.69, 9.17) is 5.73 Å². The van der Waals surface area contributed by atoms with E-state index in [0.717, 1.165) is 12.8 Å². The molecule has 1 aliphatic rings. The zero-order chi connectivity index (χ0) is 9.26. The summed E-state index contributed by atoms with van der Waals surface area (Å²) in [5.74, 6) is 0.143. The highest BCUT2D eigenvalue weighted by atomic mass is 16.3. The summed E-state index contributed by atoms with van der Waals surface area (Å²) in [6.45, 7) is 0.540. The Balaban J connectivity index is 2.39. The van der Waals surface area contributed by atoms with Crippen LogP contribution in [0.15, 0.2) is 24.3 Å². The number of aliphatic hydroxyl groups is 1. The van der Waals surface area contributed by atoms with E-state index in [0.29, 0.717) is 6.54 Å². The van der Waals surface area contributed by atoms with Gasteiger partial charge in [-0.25, -0.2) is 0 Å². The molecule has 13 heavy (non-hydrogen) atoms. The predicted molar refractivity (Wildman–Crippen MR) is 52.6 cm³/mol. The Bertz CT molecular complexity index is 298. The first-order valence-electron chi connectivity index (χ1n) is 4.79. The highest BCUT2D eigenvalue weighted by molar-refractivity contribution is 5.34. The molecule has 0 saturated carbocycles. The van der Waals surface area contributed by atoms with E-state index >= 15 is 0 Å². The van der Waals surface area contributed by atoms with Crippen LogP contribution in [-0.2, 0) is 6.42 Å².